The van der Waals surface area contributed by atoms with Crippen LogP contribution in [0.15, 0.2) is 42.5 Å². The van der Waals surface area contributed by atoms with Gasteiger partial charge < -0.3 is 14.8 Å². The van der Waals surface area contributed by atoms with Gasteiger partial charge in [0.15, 0.2) is 6.61 Å². The van der Waals surface area contributed by atoms with Crippen LogP contribution < -0.4 is 10.1 Å². The Morgan fingerprint density at radius 2 is 1.82 bits per heavy atom. The van der Waals surface area contributed by atoms with Crippen molar-refractivity contribution >= 4 is 17.7 Å². The molecule has 4 rings (SSSR count). The van der Waals surface area contributed by atoms with Crippen molar-refractivity contribution in [2.75, 3.05) is 19.8 Å². The van der Waals surface area contributed by atoms with Crippen LogP contribution in [-0.2, 0) is 11.3 Å². The van der Waals surface area contributed by atoms with Crippen LogP contribution in [0.4, 0.5) is 13.2 Å². The molecule has 174 valence electrons. The first-order chi connectivity index (χ1) is 15.7. The van der Waals surface area contributed by atoms with Crippen LogP contribution in [0, 0.1) is 0 Å². The second-order valence-corrected chi connectivity index (χ2v) is 7.85. The van der Waals surface area contributed by atoms with E-state index in [9.17, 15) is 27.6 Å². The second-order valence-electron chi connectivity index (χ2n) is 7.85. The molecule has 0 saturated carbocycles. The van der Waals surface area contributed by atoms with Gasteiger partial charge in [-0.05, 0) is 48.7 Å². The molecule has 2 aliphatic heterocycles. The highest BCUT2D eigenvalue weighted by atomic mass is 19.4. The maximum Gasteiger partial charge on any atom is 0.422 e. The smallest absolute Gasteiger partial charge is 0.422 e. The summed E-state index contributed by atoms with van der Waals surface area (Å²) in [6, 6.07) is 10.2. The van der Waals surface area contributed by atoms with Gasteiger partial charge in [0.25, 0.3) is 17.7 Å². The van der Waals surface area contributed by atoms with E-state index in [4.69, 9.17) is 4.74 Å². The molecule has 2 heterocycles. The number of nitrogens with one attached hydrogen (secondary N) is 1. The maximum absolute atomic E-state index is 12.7. The van der Waals surface area contributed by atoms with Gasteiger partial charge in [-0.1, -0.05) is 12.1 Å². The van der Waals surface area contributed by atoms with Gasteiger partial charge in [-0.2, -0.15) is 13.2 Å². The highest BCUT2D eigenvalue weighted by Crippen LogP contribution is 2.26. The van der Waals surface area contributed by atoms with Crippen LogP contribution in [0.2, 0.25) is 0 Å². The number of hydrogen-bond donors (Lipinski definition) is 1. The first-order valence-corrected chi connectivity index (χ1v) is 10.4. The van der Waals surface area contributed by atoms with Crippen molar-refractivity contribution in [1.29, 1.82) is 0 Å². The average molecular weight is 462 g/mol. The lowest BCUT2D eigenvalue weighted by Gasteiger charge is -2.17. The molecule has 1 unspecified atom stereocenters. The number of carbonyl (C=O) groups is 3. The van der Waals surface area contributed by atoms with Crippen LogP contribution in [-0.4, -0.2) is 54.7 Å². The number of halogens is 3. The molecule has 0 spiro atoms. The predicted octanol–water partition coefficient (Wildman–Crippen LogP) is 3.33. The largest absolute Gasteiger partial charge is 0.484 e. The number of carbonyl (C=O) groups excluding carboxylic acids is 3. The third-order valence-corrected chi connectivity index (χ3v) is 5.42. The standard InChI is InChI=1S/C23H21F3N2O5/c24-23(25,26)13-33-16-6-3-14(4-7-16)11-27-20(29)15-5-8-18-19(10-15)22(31)28(21(18)30)12-17-2-1-9-32-17/h3-8,10,17H,1-2,9,11-13H2,(H,27,29). The Balaban J connectivity index is 1.36. The molecular weight excluding hydrogens is 441 g/mol. The molecule has 33 heavy (non-hydrogen) atoms. The van der Waals surface area contributed by atoms with E-state index < -0.39 is 30.5 Å². The summed E-state index contributed by atoms with van der Waals surface area (Å²) >= 11 is 0. The van der Waals surface area contributed by atoms with E-state index in [1.54, 1.807) is 12.1 Å². The van der Waals surface area contributed by atoms with Gasteiger partial charge in [0.05, 0.1) is 23.8 Å². The van der Waals surface area contributed by atoms with E-state index in [0.29, 0.717) is 12.2 Å². The Morgan fingerprint density at radius 3 is 2.48 bits per heavy atom. The minimum absolute atomic E-state index is 0.0664. The summed E-state index contributed by atoms with van der Waals surface area (Å²) in [5, 5.41) is 2.69. The van der Waals surface area contributed by atoms with Crippen molar-refractivity contribution in [2.24, 2.45) is 0 Å². The van der Waals surface area contributed by atoms with E-state index in [-0.39, 0.29) is 41.6 Å². The summed E-state index contributed by atoms with van der Waals surface area (Å²) in [6.07, 6.45) is -2.91. The fourth-order valence-corrected chi connectivity index (χ4v) is 3.74. The lowest BCUT2D eigenvalue weighted by atomic mass is 10.1. The van der Waals surface area contributed by atoms with Crippen LogP contribution in [0.5, 0.6) is 5.75 Å². The molecule has 0 radical (unpaired) electrons. The van der Waals surface area contributed by atoms with E-state index >= 15 is 0 Å². The van der Waals surface area contributed by atoms with Crippen molar-refractivity contribution in [1.82, 2.24) is 10.2 Å². The molecule has 2 aliphatic rings. The summed E-state index contributed by atoms with van der Waals surface area (Å²) in [5.41, 5.74) is 1.30. The molecule has 2 aromatic rings. The monoisotopic (exact) mass is 462 g/mol. The molecule has 1 atom stereocenters. The number of rotatable bonds is 7. The van der Waals surface area contributed by atoms with Crippen molar-refractivity contribution in [2.45, 2.75) is 31.7 Å². The Hall–Kier alpha value is -3.40. The fraction of sp³-hybridized carbons (Fsp3) is 0.348. The maximum atomic E-state index is 12.7. The number of benzene rings is 2. The SMILES string of the molecule is O=C(NCc1ccc(OCC(F)(F)F)cc1)c1ccc2c(c1)C(=O)N(CC1CCCO1)C2=O. The van der Waals surface area contributed by atoms with Crippen LogP contribution >= 0.6 is 0 Å². The number of ether oxygens (including phenoxy) is 2. The van der Waals surface area contributed by atoms with Gasteiger partial charge in [-0.3, -0.25) is 19.3 Å². The van der Waals surface area contributed by atoms with Crippen LogP contribution in [0.25, 0.3) is 0 Å². The van der Waals surface area contributed by atoms with Crippen LogP contribution in [0.1, 0.15) is 49.5 Å². The Labute approximate surface area is 187 Å². The van der Waals surface area contributed by atoms with Gasteiger partial charge in [0.1, 0.15) is 5.75 Å². The van der Waals surface area contributed by atoms with Crippen molar-refractivity contribution in [3.05, 3.63) is 64.7 Å². The summed E-state index contributed by atoms with van der Waals surface area (Å²) in [4.78, 5) is 39.0. The molecule has 7 nitrogen and oxygen atoms in total. The molecule has 0 bridgehead atoms. The van der Waals surface area contributed by atoms with Crippen molar-refractivity contribution < 1.29 is 37.0 Å². The van der Waals surface area contributed by atoms with Gasteiger partial charge in [-0.25, -0.2) is 0 Å². The summed E-state index contributed by atoms with van der Waals surface area (Å²) in [5.74, 6) is -1.23. The zero-order chi connectivity index (χ0) is 23.6. The first-order valence-electron chi connectivity index (χ1n) is 10.4. The number of amides is 3. The van der Waals surface area contributed by atoms with E-state index in [1.807, 2.05) is 0 Å². The molecule has 0 aliphatic carbocycles. The second kappa shape index (κ2) is 9.22. The lowest BCUT2D eigenvalue weighted by Crippen LogP contribution is -2.36. The molecule has 1 N–H and O–H groups in total. The van der Waals surface area contributed by atoms with E-state index in [0.717, 1.165) is 17.7 Å². The third kappa shape index (κ3) is 5.33. The molecular formula is C23H21F3N2O5. The Morgan fingerprint density at radius 1 is 1.09 bits per heavy atom. The predicted molar refractivity (Wildman–Crippen MR) is 110 cm³/mol. The molecule has 10 heteroatoms. The molecule has 0 aromatic heterocycles. The quantitative estimate of drug-likeness (QED) is 0.638. The first kappa shape index (κ1) is 22.8. The highest BCUT2D eigenvalue weighted by molar-refractivity contribution is 6.22. The zero-order valence-corrected chi connectivity index (χ0v) is 17.5. The topological polar surface area (TPSA) is 84.9 Å². The fourth-order valence-electron chi connectivity index (χ4n) is 3.74. The number of fused-ring (bicyclic) bond motifs is 1. The summed E-state index contributed by atoms with van der Waals surface area (Å²) in [7, 11) is 0. The molecule has 2 aromatic carbocycles. The normalized spacial score (nSPS) is 17.9. The Kier molecular flexibility index (Phi) is 6.37. The Bertz CT molecular complexity index is 1060. The van der Waals surface area contributed by atoms with E-state index in [1.165, 1.54) is 30.3 Å². The van der Waals surface area contributed by atoms with Gasteiger partial charge in [0.2, 0.25) is 0 Å². The number of nitrogens with zero attached hydrogens (tertiary/aromatic N) is 1. The molecule has 3 amide bonds. The van der Waals surface area contributed by atoms with Gasteiger partial charge in [-0.15, -0.1) is 0 Å². The number of imide groups is 1. The molecule has 1 fully saturated rings. The van der Waals surface area contributed by atoms with E-state index in [2.05, 4.69) is 10.1 Å². The zero-order valence-electron chi connectivity index (χ0n) is 17.5. The van der Waals surface area contributed by atoms with Gasteiger partial charge >= 0.3 is 6.18 Å². The third-order valence-electron chi connectivity index (χ3n) is 5.42. The van der Waals surface area contributed by atoms with Crippen LogP contribution in [0.3, 0.4) is 0 Å². The highest BCUT2D eigenvalue weighted by Gasteiger charge is 2.38. The molecule has 1 saturated heterocycles. The minimum atomic E-state index is -4.42. The number of hydrogen-bond acceptors (Lipinski definition) is 5. The minimum Gasteiger partial charge on any atom is -0.484 e. The van der Waals surface area contributed by atoms with Gasteiger partial charge in [0, 0.05) is 18.7 Å². The lowest BCUT2D eigenvalue weighted by molar-refractivity contribution is -0.153. The van der Waals surface area contributed by atoms with Crippen molar-refractivity contribution in [3.8, 4) is 5.75 Å². The summed E-state index contributed by atoms with van der Waals surface area (Å²) in [6.45, 7) is -0.459. The number of alkyl halides is 3. The van der Waals surface area contributed by atoms with Crippen molar-refractivity contribution in [3.63, 3.8) is 0 Å². The average Bonchev–Trinajstić information content (AvgIpc) is 3.39. The summed E-state index contributed by atoms with van der Waals surface area (Å²) < 4.78 is 46.8.